The van der Waals surface area contributed by atoms with Gasteiger partial charge in [0.25, 0.3) is 5.56 Å². The molecule has 5 aromatic rings. The number of rotatable bonds is 24. The van der Waals surface area contributed by atoms with E-state index in [0.717, 1.165) is 10.9 Å². The predicted octanol–water partition coefficient (Wildman–Crippen LogP) is 3.12. The number of carbonyl (C=O) groups excluding carboxylic acids is 7. The van der Waals surface area contributed by atoms with Gasteiger partial charge in [0.15, 0.2) is 5.11 Å². The molecule has 2 fully saturated rings. The lowest BCUT2D eigenvalue weighted by Gasteiger charge is -2.40. The van der Waals surface area contributed by atoms with Crippen LogP contribution in [0.4, 0.5) is 5.69 Å². The quantitative estimate of drug-likeness (QED) is 0.0310. The second-order valence-corrected chi connectivity index (χ2v) is 25.1. The molecule has 11 atom stereocenters. The van der Waals surface area contributed by atoms with Gasteiger partial charge in [-0.15, -0.1) is 0 Å². The highest BCUT2D eigenvalue weighted by Crippen LogP contribution is 2.41. The molecule has 26 nitrogen and oxygen atoms in total. The molecule has 27 heteroatoms. The van der Waals surface area contributed by atoms with Crippen molar-refractivity contribution in [2.24, 2.45) is 17.8 Å². The van der Waals surface area contributed by atoms with Gasteiger partial charge in [0.2, 0.25) is 41.4 Å². The molecule has 0 spiro atoms. The molecule has 4 aliphatic rings. The fourth-order valence-electron chi connectivity index (χ4n) is 12.0. The summed E-state index contributed by atoms with van der Waals surface area (Å²) in [4.78, 5) is 127. The minimum atomic E-state index is -2.09. The highest BCUT2D eigenvalue weighted by atomic mass is 32.1. The van der Waals surface area contributed by atoms with E-state index in [2.05, 4.69) is 41.9 Å². The standard InChI is InChI=1S/C64H81N11O15S/c1-10-64(42-26-48-51-37(24-36-14-11-12-15-43(36)70-51)29-75(48)59(83)41(42)30-87-62(64)85)90-60(84)50(34(6)7)73-57(81)46(25-39-27-65-31-67-39)71-56(80)45(23-33(4)5)69-49(76)28-66-55(79)44(22-32(2)3)72-58(82)47-16-13-21-74(47)63(91)68-38-17-19-40(20-18-38)89-61-53(78)54(86-9)52(77)35(8)88-61/h11-12,14-15,17-20,24,26-27,31-35,44-47,50,52-54,61,77-78H,10,13,16,21-23,25,28-30H2,1-9H3,(H,65,67)(H,66,79)(H,68,91)(H,69,76)(H,71,80)(H,72,82)(H,73,81)/t35-,44+,45-,46-,47-,50-,52+,53+,54+,61?,64+/m1/s1. The average Bonchev–Trinajstić information content (AvgIpc) is 1.71. The topological polar surface area (TPSA) is 345 Å². The lowest BCUT2D eigenvalue weighted by Crippen LogP contribution is -2.59. The predicted molar refractivity (Wildman–Crippen MR) is 335 cm³/mol. The number of H-pyrrole nitrogens is 1. The third-order valence-electron chi connectivity index (χ3n) is 16.8. The highest BCUT2D eigenvalue weighted by Gasteiger charge is 2.52. The number of carbonyl (C=O) groups is 7. The number of fused-ring (bicyclic) bond motifs is 5. The molecule has 2 saturated heterocycles. The van der Waals surface area contributed by atoms with E-state index in [1.807, 2.05) is 58.0 Å². The highest BCUT2D eigenvalue weighted by molar-refractivity contribution is 7.80. The summed E-state index contributed by atoms with van der Waals surface area (Å²) in [5.41, 5.74) is 1.30. The number of nitrogens with zero attached hydrogens (tertiary/aromatic N) is 4. The number of thiocarbonyl (C=S) groups is 1. The number of amides is 5. The SMILES string of the molecule is CC[C@@]1(OC(=O)[C@H](NC(=O)[C@@H](Cc2cnc[nH]2)NC(=O)[C@@H](CC(C)C)NC(=O)CNC(=O)[C@H](CC(C)C)NC(=O)[C@H]2CCCN2C(=S)Nc2ccc(OC3O[C@H](C)[C@H](O)[C@H](OC)[C@@H]3O)cc2)C(C)C)C(=O)OCc2c1cc1n(c2=O)Cc2cc3ccccc3nc2-1. The van der Waals surface area contributed by atoms with Gasteiger partial charge in [0, 0.05) is 54.2 Å². The Morgan fingerprint density at radius 3 is 2.25 bits per heavy atom. The number of likely N-dealkylation sites (tertiary alicyclic amines) is 1. The second kappa shape index (κ2) is 28.8. The number of pyridine rings is 2. The van der Waals surface area contributed by atoms with E-state index in [9.17, 15) is 48.6 Å². The van der Waals surface area contributed by atoms with E-state index >= 15 is 0 Å². The van der Waals surface area contributed by atoms with E-state index in [0.29, 0.717) is 53.4 Å². The molecule has 0 radical (unpaired) electrons. The van der Waals surface area contributed by atoms with Gasteiger partial charge in [-0.2, -0.15) is 0 Å². The maximum absolute atomic E-state index is 14.6. The molecule has 9 rings (SSSR count). The normalized spacial score (nSPS) is 22.2. The second-order valence-electron chi connectivity index (χ2n) is 24.7. The lowest BCUT2D eigenvalue weighted by molar-refractivity contribution is -0.272. The number of hydrogen-bond acceptors (Lipinski definition) is 18. The first kappa shape index (κ1) is 67.0. The van der Waals surface area contributed by atoms with Crippen molar-refractivity contribution >= 4 is 75.4 Å². The van der Waals surface area contributed by atoms with Crippen LogP contribution in [-0.4, -0.2) is 162 Å². The maximum Gasteiger partial charge on any atom is 0.355 e. The van der Waals surface area contributed by atoms with Crippen LogP contribution in [0, 0.1) is 17.8 Å². The van der Waals surface area contributed by atoms with Crippen molar-refractivity contribution in [3.63, 3.8) is 0 Å². The molecule has 4 aliphatic heterocycles. The number of aromatic amines is 1. The van der Waals surface area contributed by atoms with Gasteiger partial charge in [-0.05, 0) is 111 Å². The number of methoxy groups -OCH3 is 1. The van der Waals surface area contributed by atoms with Crippen LogP contribution in [0.25, 0.3) is 22.3 Å². The van der Waals surface area contributed by atoms with Crippen LogP contribution in [0.2, 0.25) is 0 Å². The van der Waals surface area contributed by atoms with Crippen molar-refractivity contribution in [3.05, 3.63) is 106 Å². The van der Waals surface area contributed by atoms with Crippen molar-refractivity contribution in [1.29, 1.82) is 0 Å². The Kier molecular flexibility index (Phi) is 21.3. The molecular formula is C64H81N11O15S. The average molecular weight is 1280 g/mol. The number of benzene rings is 2. The first-order valence-electron chi connectivity index (χ1n) is 30.8. The number of hydrogen-bond donors (Lipinski definition) is 9. The first-order chi connectivity index (χ1) is 43.4. The molecule has 5 amide bonds. The number of anilines is 1. The molecule has 7 heterocycles. The Hall–Kier alpha value is -8.37. The molecule has 2 aromatic carbocycles. The van der Waals surface area contributed by atoms with Gasteiger partial charge in [0.1, 0.15) is 60.9 Å². The van der Waals surface area contributed by atoms with Crippen LogP contribution >= 0.6 is 12.2 Å². The molecule has 91 heavy (non-hydrogen) atoms. The van der Waals surface area contributed by atoms with Crippen LogP contribution in [-0.2, 0) is 77.7 Å². The summed E-state index contributed by atoms with van der Waals surface area (Å²) in [6.45, 7) is 13.8. The molecule has 3 aromatic heterocycles. The summed E-state index contributed by atoms with van der Waals surface area (Å²) in [5.74, 6) is -5.79. The van der Waals surface area contributed by atoms with Gasteiger partial charge in [-0.3, -0.25) is 28.8 Å². The fraction of sp³-hybridized carbons (Fsp3) is 0.516. The molecule has 0 bridgehead atoms. The Bertz CT molecular complexity index is 3580. The van der Waals surface area contributed by atoms with Gasteiger partial charge in [0.05, 0.1) is 48.0 Å². The summed E-state index contributed by atoms with van der Waals surface area (Å²) < 4.78 is 30.2. The van der Waals surface area contributed by atoms with Crippen molar-refractivity contribution < 1.29 is 67.5 Å². The Morgan fingerprint density at radius 2 is 1.58 bits per heavy atom. The lowest BCUT2D eigenvalue weighted by atomic mass is 9.85. The Morgan fingerprint density at radius 1 is 0.879 bits per heavy atom. The monoisotopic (exact) mass is 1280 g/mol. The molecule has 1 unspecified atom stereocenters. The largest absolute Gasteiger partial charge is 0.462 e. The van der Waals surface area contributed by atoms with Crippen molar-refractivity contribution in [1.82, 2.24) is 51.0 Å². The van der Waals surface area contributed by atoms with Crippen molar-refractivity contribution in [2.75, 3.05) is 25.5 Å². The van der Waals surface area contributed by atoms with Gasteiger partial charge in [-0.25, -0.2) is 19.6 Å². The zero-order valence-corrected chi connectivity index (χ0v) is 53.2. The van der Waals surface area contributed by atoms with E-state index in [-0.39, 0.29) is 66.9 Å². The third kappa shape index (κ3) is 15.0. The van der Waals surface area contributed by atoms with E-state index in [1.54, 1.807) is 67.5 Å². The first-order valence-corrected chi connectivity index (χ1v) is 31.2. The summed E-state index contributed by atoms with van der Waals surface area (Å²) >= 11 is 5.77. The zero-order valence-electron chi connectivity index (χ0n) is 52.4. The summed E-state index contributed by atoms with van der Waals surface area (Å²) in [6, 6.07) is 12.1. The summed E-state index contributed by atoms with van der Waals surface area (Å²) in [7, 11) is 1.38. The van der Waals surface area contributed by atoms with Crippen LogP contribution in [0.3, 0.4) is 0 Å². The van der Waals surface area contributed by atoms with Crippen molar-refractivity contribution in [2.45, 2.75) is 174 Å². The number of aliphatic hydroxyl groups is 2. The molecular weight excluding hydrogens is 1190 g/mol. The number of aromatic nitrogens is 4. The summed E-state index contributed by atoms with van der Waals surface area (Å²) in [6.07, 6.45) is -0.988. The number of para-hydroxylation sites is 1. The summed E-state index contributed by atoms with van der Waals surface area (Å²) in [5, 5.41) is 39.1. The number of imidazole rings is 1. The minimum absolute atomic E-state index is 0.0654. The van der Waals surface area contributed by atoms with Crippen LogP contribution in [0.1, 0.15) is 110 Å². The van der Waals surface area contributed by atoms with Crippen LogP contribution in [0.15, 0.2) is 78.0 Å². The van der Waals surface area contributed by atoms with Gasteiger partial charge in [-0.1, -0.05) is 66.7 Å². The number of aliphatic hydroxyl groups excluding tert-OH is 2. The zero-order chi connectivity index (χ0) is 65.6. The van der Waals surface area contributed by atoms with Crippen molar-refractivity contribution in [3.8, 4) is 17.1 Å². The molecule has 9 N–H and O–H groups in total. The van der Waals surface area contributed by atoms with Gasteiger partial charge < -0.3 is 80.2 Å². The minimum Gasteiger partial charge on any atom is -0.462 e. The number of ether oxygens (including phenoxy) is 5. The third-order valence-corrected chi connectivity index (χ3v) is 17.2. The van der Waals surface area contributed by atoms with E-state index < -0.39 is 126 Å². The number of cyclic esters (lactones) is 1. The Labute approximate surface area is 531 Å². The smallest absolute Gasteiger partial charge is 0.355 e. The number of esters is 2. The van der Waals surface area contributed by atoms with E-state index in [1.165, 1.54) is 19.6 Å². The molecule has 0 aliphatic carbocycles. The van der Waals surface area contributed by atoms with Crippen LogP contribution in [0.5, 0.6) is 5.75 Å². The fourth-order valence-corrected chi connectivity index (χ4v) is 12.3. The van der Waals surface area contributed by atoms with Gasteiger partial charge >= 0.3 is 11.9 Å². The van der Waals surface area contributed by atoms with E-state index in [4.69, 9.17) is 40.9 Å². The Balaban J connectivity index is 0.823. The van der Waals surface area contributed by atoms with Crippen LogP contribution < -0.4 is 42.2 Å². The maximum atomic E-state index is 14.6. The molecule has 488 valence electrons. The molecule has 0 saturated carbocycles. The number of nitrogens with one attached hydrogen (secondary N) is 7.